The van der Waals surface area contributed by atoms with Gasteiger partial charge in [-0.2, -0.15) is 0 Å². The van der Waals surface area contributed by atoms with E-state index in [1.165, 1.54) is 0 Å². The van der Waals surface area contributed by atoms with Gasteiger partial charge in [-0.3, -0.25) is 29.8 Å². The van der Waals surface area contributed by atoms with Gasteiger partial charge in [0.05, 0.1) is 35.4 Å². The average Bonchev–Trinajstić information content (AvgIpc) is 2.55. The number of nitrogens with zero attached hydrogens (tertiary/aromatic N) is 2. The van der Waals surface area contributed by atoms with Crippen LogP contribution in [-0.4, -0.2) is 28.4 Å². The van der Waals surface area contributed by atoms with Gasteiger partial charge >= 0.3 is 11.9 Å². The zero-order chi connectivity index (χ0) is 19.0. The summed E-state index contributed by atoms with van der Waals surface area (Å²) in [4.78, 5) is 43.0. The fourth-order valence-corrected chi connectivity index (χ4v) is 1.72. The Kier molecular flexibility index (Phi) is 7.44. The molecule has 0 bridgehead atoms. The second-order valence-electron chi connectivity index (χ2n) is 5.61. The highest BCUT2D eigenvalue weighted by atomic mass is 16.6. The Morgan fingerprint density at radius 1 is 0.960 bits per heavy atom. The normalized spacial score (nSPS) is 10.4. The van der Waals surface area contributed by atoms with Gasteiger partial charge in [0, 0.05) is 17.7 Å². The summed E-state index contributed by atoms with van der Waals surface area (Å²) in [7, 11) is 0. The van der Waals surface area contributed by atoms with E-state index in [1.807, 2.05) is 13.8 Å². The Morgan fingerprint density at radius 2 is 1.44 bits per heavy atom. The molecule has 10 heteroatoms. The number of hydrogen-bond acceptors (Lipinski definition) is 8. The second kappa shape index (κ2) is 9.30. The van der Waals surface area contributed by atoms with Crippen molar-refractivity contribution in [3.05, 3.63) is 44.0 Å². The van der Waals surface area contributed by atoms with Crippen LogP contribution in [0.4, 0.5) is 11.4 Å². The maximum absolute atomic E-state index is 11.6. The van der Waals surface area contributed by atoms with Crippen molar-refractivity contribution in [1.29, 1.82) is 0 Å². The number of hydrogen-bond donors (Lipinski definition) is 0. The molecule has 25 heavy (non-hydrogen) atoms. The molecule has 0 fully saturated rings. The number of nitro benzene ring substituents is 2. The minimum atomic E-state index is -0.775. The van der Waals surface area contributed by atoms with Crippen LogP contribution in [0, 0.1) is 26.1 Å². The standard InChI is InChI=1S/C15H18N2O8/c1-10(2)8-24-14(18)3-4-15(19)25-9-11-5-12(16(20)21)7-13(6-11)17(22)23/h5-7,10H,3-4,8-9H2,1-2H3. The number of benzene rings is 1. The largest absolute Gasteiger partial charge is 0.465 e. The minimum absolute atomic E-state index is 0.108. The number of non-ortho nitro benzene ring substituents is 2. The van der Waals surface area contributed by atoms with Gasteiger partial charge in [-0.15, -0.1) is 0 Å². The third kappa shape index (κ3) is 7.38. The number of nitro groups is 2. The van der Waals surface area contributed by atoms with Crippen LogP contribution in [0.2, 0.25) is 0 Å². The summed E-state index contributed by atoms with van der Waals surface area (Å²) in [5, 5.41) is 21.6. The van der Waals surface area contributed by atoms with E-state index in [2.05, 4.69) is 0 Å². The molecular formula is C15H18N2O8. The van der Waals surface area contributed by atoms with Crippen molar-refractivity contribution >= 4 is 23.3 Å². The highest BCUT2D eigenvalue weighted by Gasteiger charge is 2.17. The number of ether oxygens (including phenoxy) is 2. The summed E-state index contributed by atoms with van der Waals surface area (Å²) >= 11 is 0. The summed E-state index contributed by atoms with van der Waals surface area (Å²) in [5.74, 6) is -1.06. The fourth-order valence-electron chi connectivity index (χ4n) is 1.72. The predicted molar refractivity (Wildman–Crippen MR) is 84.6 cm³/mol. The van der Waals surface area contributed by atoms with E-state index in [9.17, 15) is 29.8 Å². The Labute approximate surface area is 143 Å². The van der Waals surface area contributed by atoms with Crippen LogP contribution in [0.5, 0.6) is 0 Å². The van der Waals surface area contributed by atoms with Gasteiger partial charge in [0.25, 0.3) is 11.4 Å². The summed E-state index contributed by atoms with van der Waals surface area (Å²) in [5.41, 5.74) is -0.841. The average molecular weight is 354 g/mol. The van der Waals surface area contributed by atoms with Crippen LogP contribution in [0.15, 0.2) is 18.2 Å². The highest BCUT2D eigenvalue weighted by molar-refractivity contribution is 5.77. The maximum Gasteiger partial charge on any atom is 0.306 e. The van der Waals surface area contributed by atoms with Crippen molar-refractivity contribution < 1.29 is 28.9 Å². The molecule has 1 aromatic rings. The molecule has 0 atom stereocenters. The molecule has 10 nitrogen and oxygen atoms in total. The van der Waals surface area contributed by atoms with E-state index in [4.69, 9.17) is 9.47 Å². The molecular weight excluding hydrogens is 336 g/mol. The molecule has 0 spiro atoms. The summed E-state index contributed by atoms with van der Waals surface area (Å²) in [6.45, 7) is 3.63. The first-order valence-corrected chi connectivity index (χ1v) is 7.43. The van der Waals surface area contributed by atoms with Gasteiger partial charge in [0.2, 0.25) is 0 Å². The molecule has 0 saturated heterocycles. The lowest BCUT2D eigenvalue weighted by atomic mass is 10.2. The van der Waals surface area contributed by atoms with Gasteiger partial charge in [-0.1, -0.05) is 13.8 Å². The van der Waals surface area contributed by atoms with Gasteiger partial charge in [0.1, 0.15) is 6.61 Å². The van der Waals surface area contributed by atoms with E-state index < -0.39 is 33.2 Å². The Balaban J connectivity index is 2.56. The maximum atomic E-state index is 11.6. The summed E-state index contributed by atoms with van der Waals surface area (Å²) in [6.07, 6.45) is -0.366. The first-order valence-electron chi connectivity index (χ1n) is 7.43. The number of rotatable bonds is 9. The van der Waals surface area contributed by atoms with E-state index in [1.54, 1.807) is 0 Å². The number of esters is 2. The third-order valence-corrected chi connectivity index (χ3v) is 2.89. The number of carbonyl (C=O) groups is 2. The zero-order valence-electron chi connectivity index (χ0n) is 13.8. The van der Waals surface area contributed by atoms with Crippen LogP contribution in [0.25, 0.3) is 0 Å². The van der Waals surface area contributed by atoms with Crippen molar-refractivity contribution in [2.75, 3.05) is 6.61 Å². The van der Waals surface area contributed by atoms with Crippen LogP contribution in [0.3, 0.4) is 0 Å². The molecule has 0 amide bonds. The molecule has 0 aliphatic rings. The SMILES string of the molecule is CC(C)COC(=O)CCC(=O)OCc1cc([N+](=O)[O-])cc([N+](=O)[O-])c1. The topological polar surface area (TPSA) is 139 Å². The molecule has 1 rings (SSSR count). The molecule has 0 aliphatic heterocycles. The molecule has 0 aromatic heterocycles. The lowest BCUT2D eigenvalue weighted by molar-refractivity contribution is -0.394. The van der Waals surface area contributed by atoms with Crippen LogP contribution in [0.1, 0.15) is 32.3 Å². The Morgan fingerprint density at radius 3 is 1.88 bits per heavy atom. The molecule has 0 aliphatic carbocycles. The van der Waals surface area contributed by atoms with E-state index in [0.29, 0.717) is 0 Å². The molecule has 0 unspecified atom stereocenters. The van der Waals surface area contributed by atoms with E-state index in [0.717, 1.165) is 18.2 Å². The monoisotopic (exact) mass is 354 g/mol. The first-order chi connectivity index (χ1) is 11.7. The molecule has 0 saturated carbocycles. The van der Waals surface area contributed by atoms with Gasteiger partial charge in [-0.25, -0.2) is 0 Å². The van der Waals surface area contributed by atoms with Crippen molar-refractivity contribution in [1.82, 2.24) is 0 Å². The smallest absolute Gasteiger partial charge is 0.306 e. The predicted octanol–water partition coefficient (Wildman–Crippen LogP) is 2.53. The van der Waals surface area contributed by atoms with Gasteiger partial charge < -0.3 is 9.47 Å². The molecule has 0 N–H and O–H groups in total. The van der Waals surface area contributed by atoms with E-state index in [-0.39, 0.29) is 37.5 Å². The first kappa shape index (κ1) is 20.0. The van der Waals surface area contributed by atoms with Crippen molar-refractivity contribution in [2.24, 2.45) is 5.92 Å². The van der Waals surface area contributed by atoms with Crippen LogP contribution >= 0.6 is 0 Å². The lowest BCUT2D eigenvalue weighted by Crippen LogP contribution is -2.13. The van der Waals surface area contributed by atoms with Crippen LogP contribution < -0.4 is 0 Å². The van der Waals surface area contributed by atoms with Gasteiger partial charge in [-0.05, 0) is 5.92 Å². The minimum Gasteiger partial charge on any atom is -0.465 e. The molecule has 0 heterocycles. The quantitative estimate of drug-likeness (QED) is 0.374. The zero-order valence-corrected chi connectivity index (χ0v) is 13.8. The van der Waals surface area contributed by atoms with Crippen LogP contribution in [-0.2, 0) is 25.7 Å². The molecule has 0 radical (unpaired) electrons. The highest BCUT2D eigenvalue weighted by Crippen LogP contribution is 2.23. The van der Waals surface area contributed by atoms with Crippen molar-refractivity contribution in [2.45, 2.75) is 33.3 Å². The second-order valence-corrected chi connectivity index (χ2v) is 5.61. The molecule has 136 valence electrons. The Bertz CT molecular complexity index is 639. The fraction of sp³-hybridized carbons (Fsp3) is 0.467. The molecule has 1 aromatic carbocycles. The summed E-state index contributed by atoms with van der Waals surface area (Å²) < 4.78 is 9.79. The Hall–Kier alpha value is -3.04. The summed E-state index contributed by atoms with van der Waals surface area (Å²) in [6, 6.07) is 2.98. The number of carbonyl (C=O) groups excluding carboxylic acids is 2. The van der Waals surface area contributed by atoms with Crippen molar-refractivity contribution in [3.63, 3.8) is 0 Å². The third-order valence-electron chi connectivity index (χ3n) is 2.89. The lowest BCUT2D eigenvalue weighted by Gasteiger charge is -2.07. The van der Waals surface area contributed by atoms with Crippen molar-refractivity contribution in [3.8, 4) is 0 Å². The van der Waals surface area contributed by atoms with Gasteiger partial charge in [0.15, 0.2) is 0 Å². The van der Waals surface area contributed by atoms with E-state index >= 15 is 0 Å².